The van der Waals surface area contributed by atoms with E-state index in [1.54, 1.807) is 72.8 Å². The Bertz CT molecular complexity index is 5630. The van der Waals surface area contributed by atoms with Crippen molar-refractivity contribution >= 4 is 88.5 Å². The predicted molar refractivity (Wildman–Crippen MR) is 493 cm³/mol. The topological polar surface area (TPSA) is 292 Å². The van der Waals surface area contributed by atoms with E-state index in [1.165, 1.54) is 98.1 Å². The molecule has 4 N–H and O–H groups in total. The molecule has 5 saturated heterocycles. The maximum Gasteiger partial charge on any atom is 0.490 e. The maximum absolute atomic E-state index is 13.9. The van der Waals surface area contributed by atoms with Crippen LogP contribution >= 0.6 is 18.8 Å². The smallest absolute Gasteiger partial charge is 0.462 e. The van der Waals surface area contributed by atoms with Gasteiger partial charge in [-0.3, -0.25) is 53.7 Å². The largest absolute Gasteiger partial charge is 0.490 e. The molecular weight excluding hydrogens is 1810 g/mol. The van der Waals surface area contributed by atoms with Gasteiger partial charge in [-0.05, 0) is 270 Å². The third-order valence-electron chi connectivity index (χ3n) is 23.2. The third kappa shape index (κ3) is 33.5. The first kappa shape index (κ1) is 107. The van der Waals surface area contributed by atoms with Crippen molar-refractivity contribution in [1.29, 1.82) is 0 Å². The second-order valence-corrected chi connectivity index (χ2v) is 35.9. The Morgan fingerprint density at radius 2 is 0.761 bits per heavy atom. The molecule has 713 valence electrons. The molecule has 0 bridgehead atoms. The van der Waals surface area contributed by atoms with Crippen molar-refractivity contribution in [2.75, 3.05) is 0 Å². The molecule has 0 spiro atoms. The van der Waals surface area contributed by atoms with Crippen LogP contribution in [0, 0.1) is 58.7 Å². The zero-order chi connectivity index (χ0) is 96.2. The number of hydrogen-bond donors (Lipinski definition) is 4. The molecule has 22 nitrogen and oxygen atoms in total. The number of halogens is 8. The molecule has 0 saturated carbocycles. The number of para-hydroxylation sites is 4. The number of nitrogens with zero attached hydrogens (tertiary/aromatic N) is 4. The summed E-state index contributed by atoms with van der Waals surface area (Å²) in [5, 5.41) is 12.0. The Morgan fingerprint density at radius 3 is 1.10 bits per heavy atom. The van der Waals surface area contributed by atoms with Crippen LogP contribution in [0.3, 0.4) is 0 Å². The van der Waals surface area contributed by atoms with E-state index in [4.69, 9.17) is 23.7 Å². The molecule has 2 amide bonds. The quantitative estimate of drug-likeness (QED) is 0.0103. The van der Waals surface area contributed by atoms with Crippen LogP contribution < -0.4 is 20.8 Å². The zero-order valence-electron chi connectivity index (χ0n) is 76.1. The van der Waals surface area contributed by atoms with Crippen molar-refractivity contribution in [3.05, 3.63) is 285 Å². The predicted octanol–water partition coefficient (Wildman–Crippen LogP) is 18.6. The number of fused-ring (bicyclic) bond motifs is 2. The second kappa shape index (κ2) is 51.1. The fraction of sp³-hybridized carbons (Fsp3) is 0.406. The standard InChI is InChI=1S/C28H27F4N3O5.C26H26FN3O3.C18H23FO2.C17H23FNO2P.C12H15FNO2P.V/c1-27(2,40-26(38)28(30,31)32)11-10-17-14-23(39-25(17)37)21(13-16-6-5-7-18(29)12-16)35-24(36)22-15-33-19-8-3-4-9-20(19)34-22;1-16(2)10-11-18-14-24(33-26(18)32)22(13-17-6-5-7-19(27)12-17)30-25(31)23-15-28-20-8-3-4-9-21(20)29-23;1-12(2)7-8-15-11-17(21-18(15)20)13(3)9-14-5-4-6-16(19)10-14;1-11(2)6-7-13-10-16(21-17(13)20)15(19-22)9-12-4-3-5-14(18)8-12;13-9-3-1-2-8(6-9)7-10(14-17)11-4-5-12(15)16-11;/h3-9,12,15,17,21,23H,10-11,13-14H2,1-2H3,(H,35,36);3-10,12,15,18,22,24H,11,13-14H2,1-2H3,(H,30,31);4-7,10,13,15,17H,8-9,11H2,1-3H3;3-6,8,13,15-16,19H,7,9-10,22H2,1-2H3;1-3,6,10-11,14H,4-5,7,17H2;/t17-,21+,23?;18-,22+,24?;13-,15+,17?;13-,15+,16?;10-,11?;/m11010./s1. The maximum atomic E-state index is 13.9. The molecule has 33 heteroatoms. The minimum absolute atomic E-state index is 0. The fourth-order valence-electron chi connectivity index (χ4n) is 16.0. The summed E-state index contributed by atoms with van der Waals surface area (Å²) < 4.78 is 137. The van der Waals surface area contributed by atoms with Crippen molar-refractivity contribution in [2.24, 2.45) is 29.6 Å². The number of cyclic esters (lactones) is 5. The number of aromatic nitrogens is 4. The van der Waals surface area contributed by atoms with Crippen LogP contribution in [-0.4, -0.2) is 134 Å². The van der Waals surface area contributed by atoms with Gasteiger partial charge >= 0.3 is 42.0 Å². The van der Waals surface area contributed by atoms with E-state index in [1.807, 2.05) is 84.0 Å². The van der Waals surface area contributed by atoms with Gasteiger partial charge in [-0.25, -0.2) is 36.7 Å². The molecule has 0 aliphatic carbocycles. The van der Waals surface area contributed by atoms with Gasteiger partial charge in [-0.2, -0.15) is 13.2 Å². The Labute approximate surface area is 791 Å². The van der Waals surface area contributed by atoms with Gasteiger partial charge in [0.05, 0.1) is 82.3 Å². The Hall–Kier alpha value is -11.0. The first-order valence-electron chi connectivity index (χ1n) is 44.2. The molecule has 9 aromatic rings. The molecule has 5 aliphatic rings. The van der Waals surface area contributed by atoms with Crippen LogP contribution in [0.1, 0.15) is 182 Å². The van der Waals surface area contributed by atoms with Crippen LogP contribution in [0.5, 0.6) is 0 Å². The number of hydrogen-bond acceptors (Lipinski definition) is 20. The minimum atomic E-state index is -5.13. The van der Waals surface area contributed by atoms with Crippen molar-refractivity contribution in [3.63, 3.8) is 0 Å². The SMILES string of the molecule is CC(C)(CC[C@@H]1CC([C@H](Cc2cccc(F)c2)NC(=O)c2cnc3ccccc3n2)OC1=O)OC(=O)C(F)(F)F.CC(C)=CC[C@@H]1CC([C@@H](C)Cc2cccc(F)c2)OC1=O.CC(C)=CC[C@@H]1CC([C@H](Cc2cccc(F)c2)NC(=O)c2cnc3ccccc3n2)OC1=O.CC(C)=CC[C@@H]1CC([C@H](Cc2cccc(F)c2)NP)OC1=O.O=C1CCC([C@H](Cc2cccc(F)c2)NP)O1.[V]. The molecule has 1 radical (unpaired) electrons. The second-order valence-electron chi connectivity index (χ2n) is 35.3. The Balaban J connectivity index is 0.000000194. The van der Waals surface area contributed by atoms with E-state index in [9.17, 15) is 73.5 Å². The van der Waals surface area contributed by atoms with Gasteiger partial charge in [-0.15, -0.1) is 0 Å². The number of allylic oxidation sites excluding steroid dienone is 6. The summed E-state index contributed by atoms with van der Waals surface area (Å²) in [5.74, 6) is -6.95. The normalized spacial score (nSPS) is 20.0. The van der Waals surface area contributed by atoms with Crippen LogP contribution in [0.4, 0.5) is 35.1 Å². The summed E-state index contributed by atoms with van der Waals surface area (Å²) in [6.07, 6.45) is 9.94. The molecule has 5 fully saturated rings. The number of benzene rings is 7. The summed E-state index contributed by atoms with van der Waals surface area (Å²) in [6.45, 7) is 16.8. The molecule has 2 aromatic heterocycles. The van der Waals surface area contributed by atoms with E-state index in [-0.39, 0.29) is 157 Å². The summed E-state index contributed by atoms with van der Waals surface area (Å²) >= 11 is 0. The molecule has 16 atom stereocenters. The summed E-state index contributed by atoms with van der Waals surface area (Å²) in [5.41, 5.74) is 8.70. The third-order valence-corrected chi connectivity index (χ3v) is 24.0. The summed E-state index contributed by atoms with van der Waals surface area (Å²) in [4.78, 5) is 115. The van der Waals surface area contributed by atoms with Gasteiger partial charge in [0, 0.05) is 25.0 Å². The van der Waals surface area contributed by atoms with Gasteiger partial charge in [0.25, 0.3) is 11.8 Å². The van der Waals surface area contributed by atoms with Crippen LogP contribution in [-0.2, 0) is 108 Å². The zero-order valence-corrected chi connectivity index (χ0v) is 79.8. The van der Waals surface area contributed by atoms with E-state index in [0.717, 1.165) is 54.4 Å². The van der Waals surface area contributed by atoms with Crippen LogP contribution in [0.25, 0.3) is 22.1 Å². The monoisotopic (exact) mass is 1930 g/mol. The minimum Gasteiger partial charge on any atom is -0.462 e. The van der Waals surface area contributed by atoms with Crippen molar-refractivity contribution < 1.29 is 120 Å². The number of carbonyl (C=O) groups excluding carboxylic acids is 8. The first-order valence-corrected chi connectivity index (χ1v) is 45.4. The van der Waals surface area contributed by atoms with Gasteiger partial charge in [-0.1, -0.05) is 146 Å². The number of rotatable bonds is 31. The molecular formula is C101H114F8N8O14P2V. The van der Waals surface area contributed by atoms with E-state index >= 15 is 0 Å². The molecule has 134 heavy (non-hydrogen) atoms. The average molecular weight is 1930 g/mol. The van der Waals surface area contributed by atoms with Gasteiger partial charge in [0.2, 0.25) is 0 Å². The van der Waals surface area contributed by atoms with Crippen molar-refractivity contribution in [2.45, 2.75) is 232 Å². The first-order chi connectivity index (χ1) is 63.3. The number of alkyl halides is 3. The van der Waals surface area contributed by atoms with Crippen LogP contribution in [0.2, 0.25) is 0 Å². The Kier molecular flexibility index (Phi) is 40.7. The summed E-state index contributed by atoms with van der Waals surface area (Å²) in [7, 11) is 4.91. The molecule has 14 rings (SSSR count). The number of amides is 2. The molecule has 7 unspecified atom stereocenters. The average Bonchev–Trinajstić information content (AvgIpc) is 1.53. The van der Waals surface area contributed by atoms with E-state index < -0.39 is 71.6 Å². The van der Waals surface area contributed by atoms with Crippen molar-refractivity contribution in [1.82, 2.24) is 40.7 Å². The summed E-state index contributed by atoms with van der Waals surface area (Å²) in [6, 6.07) is 44.6. The number of esters is 6. The fourth-order valence-corrected chi connectivity index (χ4v) is 16.7. The molecule has 7 aromatic carbocycles. The number of ether oxygens (including phenoxy) is 6. The molecule has 7 heterocycles. The van der Waals surface area contributed by atoms with Gasteiger partial charge in [0.1, 0.15) is 76.6 Å². The Morgan fingerprint density at radius 1 is 0.440 bits per heavy atom. The van der Waals surface area contributed by atoms with Crippen LogP contribution in [0.15, 0.2) is 217 Å². The van der Waals surface area contributed by atoms with E-state index in [2.05, 4.69) is 83.3 Å². The van der Waals surface area contributed by atoms with Gasteiger partial charge in [0.15, 0.2) is 0 Å². The van der Waals surface area contributed by atoms with E-state index in [0.29, 0.717) is 78.1 Å². The number of carbonyl (C=O) groups is 8. The molecule has 5 aliphatic heterocycles. The van der Waals surface area contributed by atoms with Gasteiger partial charge < -0.3 is 39.1 Å². The number of nitrogens with one attached hydrogen (secondary N) is 4. The van der Waals surface area contributed by atoms with Crippen molar-refractivity contribution in [3.8, 4) is 0 Å².